The molecule has 0 spiro atoms. The summed E-state index contributed by atoms with van der Waals surface area (Å²) in [5.74, 6) is -0.554. The Morgan fingerprint density at radius 1 is 1.16 bits per heavy atom. The summed E-state index contributed by atoms with van der Waals surface area (Å²) < 4.78 is 63.3. The summed E-state index contributed by atoms with van der Waals surface area (Å²) >= 11 is 12.1. The molecule has 7 nitrogen and oxygen atoms in total. The Balaban J connectivity index is 1.92. The van der Waals surface area contributed by atoms with Gasteiger partial charge in [0.15, 0.2) is 0 Å². The molecule has 3 N–H and O–H groups in total. The highest BCUT2D eigenvalue weighted by Gasteiger charge is 2.32. The first kappa shape index (κ1) is 23.1. The van der Waals surface area contributed by atoms with E-state index < -0.39 is 32.6 Å². The minimum atomic E-state index is -4.66. The Hall–Kier alpha value is -2.60. The third-order valence-electron chi connectivity index (χ3n) is 4.11. The van der Waals surface area contributed by atoms with Crippen LogP contribution in [0.5, 0.6) is 0 Å². The molecule has 13 heteroatoms. The third-order valence-corrected chi connectivity index (χ3v) is 5.75. The number of anilines is 1. The SMILES string of the molecule is NS(=O)(=O)c1cc(NC(=O)Cc2c(Cl)cccc2Cl)ccc1-n1cc(C(F)(F)F)cn1. The van der Waals surface area contributed by atoms with Gasteiger partial charge in [0, 0.05) is 21.9 Å². The van der Waals surface area contributed by atoms with Gasteiger partial charge in [0.1, 0.15) is 4.90 Å². The molecule has 0 fully saturated rings. The van der Waals surface area contributed by atoms with E-state index >= 15 is 0 Å². The molecule has 3 rings (SSSR count). The molecule has 164 valence electrons. The molecule has 0 bridgehead atoms. The first-order valence-corrected chi connectivity index (χ1v) is 10.7. The van der Waals surface area contributed by atoms with Gasteiger partial charge in [0.2, 0.25) is 15.9 Å². The summed E-state index contributed by atoms with van der Waals surface area (Å²) in [6.07, 6.45) is -3.68. The maximum Gasteiger partial charge on any atom is 0.419 e. The van der Waals surface area contributed by atoms with E-state index in [-0.39, 0.29) is 27.8 Å². The van der Waals surface area contributed by atoms with Crippen LogP contribution in [-0.2, 0) is 27.4 Å². The molecule has 0 saturated carbocycles. The highest BCUT2D eigenvalue weighted by Crippen LogP contribution is 2.31. The summed E-state index contributed by atoms with van der Waals surface area (Å²) in [4.78, 5) is 11.8. The van der Waals surface area contributed by atoms with Crippen LogP contribution in [0.3, 0.4) is 0 Å². The van der Waals surface area contributed by atoms with E-state index in [9.17, 15) is 26.4 Å². The number of aromatic nitrogens is 2. The molecular formula is C18H13Cl2F3N4O3S. The van der Waals surface area contributed by atoms with Crippen molar-refractivity contribution in [2.24, 2.45) is 5.14 Å². The van der Waals surface area contributed by atoms with Gasteiger partial charge in [-0.2, -0.15) is 18.3 Å². The molecule has 0 aliphatic heterocycles. The lowest BCUT2D eigenvalue weighted by Gasteiger charge is -2.12. The molecule has 0 unspecified atom stereocenters. The van der Waals surface area contributed by atoms with Gasteiger partial charge in [0.25, 0.3) is 0 Å². The normalized spacial score (nSPS) is 12.1. The lowest BCUT2D eigenvalue weighted by Crippen LogP contribution is -2.18. The maximum absolute atomic E-state index is 12.8. The zero-order chi connectivity index (χ0) is 23.0. The summed E-state index contributed by atoms with van der Waals surface area (Å²) in [6.45, 7) is 0. The number of alkyl halides is 3. The topological polar surface area (TPSA) is 107 Å². The van der Waals surface area contributed by atoms with Crippen LogP contribution in [0.25, 0.3) is 5.69 Å². The first-order chi connectivity index (χ1) is 14.4. The quantitative estimate of drug-likeness (QED) is 0.560. The number of amides is 1. The maximum atomic E-state index is 12.8. The van der Waals surface area contributed by atoms with E-state index in [1.165, 1.54) is 12.1 Å². The van der Waals surface area contributed by atoms with Crippen molar-refractivity contribution < 1.29 is 26.4 Å². The lowest BCUT2D eigenvalue weighted by atomic mass is 10.1. The van der Waals surface area contributed by atoms with E-state index in [2.05, 4.69) is 10.4 Å². The van der Waals surface area contributed by atoms with Crippen LogP contribution in [0.15, 0.2) is 53.7 Å². The van der Waals surface area contributed by atoms with E-state index in [4.69, 9.17) is 28.3 Å². The van der Waals surface area contributed by atoms with Crippen molar-refractivity contribution in [3.63, 3.8) is 0 Å². The molecule has 0 radical (unpaired) electrons. The van der Waals surface area contributed by atoms with Crippen molar-refractivity contribution in [1.82, 2.24) is 9.78 Å². The number of nitrogens with one attached hydrogen (secondary N) is 1. The van der Waals surface area contributed by atoms with Crippen LogP contribution < -0.4 is 10.5 Å². The van der Waals surface area contributed by atoms with Crippen molar-refractivity contribution in [2.45, 2.75) is 17.5 Å². The van der Waals surface area contributed by atoms with E-state index in [0.717, 1.165) is 10.7 Å². The van der Waals surface area contributed by atoms with Crippen LogP contribution >= 0.6 is 23.2 Å². The van der Waals surface area contributed by atoms with Crippen LogP contribution in [0.2, 0.25) is 10.0 Å². The minimum Gasteiger partial charge on any atom is -0.326 e. The Labute approximate surface area is 184 Å². The molecule has 2 aromatic carbocycles. The van der Waals surface area contributed by atoms with Crippen molar-refractivity contribution >= 4 is 44.8 Å². The number of carbonyl (C=O) groups excluding carboxylic acids is 1. The molecule has 31 heavy (non-hydrogen) atoms. The molecule has 3 aromatic rings. The number of halogens is 5. The summed E-state index contributed by atoms with van der Waals surface area (Å²) in [5.41, 5.74) is -0.862. The predicted molar refractivity (Wildman–Crippen MR) is 109 cm³/mol. The van der Waals surface area contributed by atoms with Gasteiger partial charge in [-0.05, 0) is 35.9 Å². The number of carbonyl (C=O) groups is 1. The Kier molecular flexibility index (Phi) is 6.33. The number of hydrogen-bond acceptors (Lipinski definition) is 4. The van der Waals surface area contributed by atoms with Crippen molar-refractivity contribution in [3.05, 3.63) is 70.0 Å². The molecule has 0 aliphatic rings. The summed E-state index contributed by atoms with van der Waals surface area (Å²) in [6, 6.07) is 8.22. The molecule has 0 aliphatic carbocycles. The van der Waals surface area contributed by atoms with E-state index in [0.29, 0.717) is 18.0 Å². The number of nitrogens with zero attached hydrogens (tertiary/aromatic N) is 2. The number of benzene rings is 2. The number of rotatable bonds is 5. The van der Waals surface area contributed by atoms with Gasteiger partial charge in [0.05, 0.1) is 23.9 Å². The summed E-state index contributed by atoms with van der Waals surface area (Å²) in [5, 5.41) is 11.8. The van der Waals surface area contributed by atoms with Gasteiger partial charge in [-0.25, -0.2) is 18.2 Å². The highest BCUT2D eigenvalue weighted by atomic mass is 35.5. The van der Waals surface area contributed by atoms with E-state index in [1.807, 2.05) is 0 Å². The fourth-order valence-electron chi connectivity index (χ4n) is 2.68. The van der Waals surface area contributed by atoms with Gasteiger partial charge >= 0.3 is 6.18 Å². The average molecular weight is 493 g/mol. The van der Waals surface area contributed by atoms with Crippen molar-refractivity contribution in [1.29, 1.82) is 0 Å². The fourth-order valence-corrected chi connectivity index (χ4v) is 3.95. The number of nitrogens with two attached hydrogens (primary N) is 1. The average Bonchev–Trinajstić information content (AvgIpc) is 3.14. The Morgan fingerprint density at radius 3 is 2.35 bits per heavy atom. The number of sulfonamides is 1. The Bertz CT molecular complexity index is 1240. The third kappa shape index (κ3) is 5.37. The van der Waals surface area contributed by atoms with Crippen molar-refractivity contribution in [2.75, 3.05) is 5.32 Å². The zero-order valence-corrected chi connectivity index (χ0v) is 17.6. The summed E-state index contributed by atoms with van der Waals surface area (Å²) in [7, 11) is -4.37. The first-order valence-electron chi connectivity index (χ1n) is 8.38. The van der Waals surface area contributed by atoms with Crippen LogP contribution in [0.4, 0.5) is 18.9 Å². The largest absolute Gasteiger partial charge is 0.419 e. The van der Waals surface area contributed by atoms with Crippen molar-refractivity contribution in [3.8, 4) is 5.69 Å². The minimum absolute atomic E-state index is 0.0455. The lowest BCUT2D eigenvalue weighted by molar-refractivity contribution is -0.137. The molecular weight excluding hydrogens is 480 g/mol. The number of hydrogen-bond donors (Lipinski definition) is 2. The second-order valence-electron chi connectivity index (χ2n) is 6.32. The highest BCUT2D eigenvalue weighted by molar-refractivity contribution is 7.89. The second kappa shape index (κ2) is 8.50. The van der Waals surface area contributed by atoms with Crippen LogP contribution in [0.1, 0.15) is 11.1 Å². The zero-order valence-electron chi connectivity index (χ0n) is 15.3. The molecule has 1 heterocycles. The Morgan fingerprint density at radius 2 is 1.81 bits per heavy atom. The van der Waals surface area contributed by atoms with E-state index in [1.54, 1.807) is 18.2 Å². The van der Waals surface area contributed by atoms with Crippen LogP contribution in [-0.4, -0.2) is 24.1 Å². The monoisotopic (exact) mass is 492 g/mol. The van der Waals surface area contributed by atoms with Gasteiger partial charge < -0.3 is 5.32 Å². The molecule has 1 amide bonds. The molecule has 0 saturated heterocycles. The van der Waals surface area contributed by atoms with Gasteiger partial charge in [-0.1, -0.05) is 29.3 Å². The molecule has 0 atom stereocenters. The van der Waals surface area contributed by atoms with Gasteiger partial charge in [-0.15, -0.1) is 0 Å². The smallest absolute Gasteiger partial charge is 0.326 e. The molecule has 1 aromatic heterocycles. The second-order valence-corrected chi connectivity index (χ2v) is 8.67. The van der Waals surface area contributed by atoms with Crippen LogP contribution in [0, 0.1) is 0 Å². The van der Waals surface area contributed by atoms with Gasteiger partial charge in [-0.3, -0.25) is 4.79 Å². The fraction of sp³-hybridized carbons (Fsp3) is 0.111. The number of primary sulfonamides is 1. The predicted octanol–water partition coefficient (Wildman–Crippen LogP) is 4.03. The standard InChI is InChI=1S/C18H13Cl2F3N4O3S/c19-13-2-1-3-14(20)12(13)7-17(28)26-11-4-5-15(16(6-11)31(24,29)30)27-9-10(8-25-27)18(21,22)23/h1-6,8-9H,7H2,(H,26,28)(H2,24,29,30).